The Morgan fingerprint density at radius 2 is 0.828 bits per heavy atom. The molecular formula is C46H48N2O10. The van der Waals surface area contributed by atoms with E-state index in [4.69, 9.17) is 47.9 Å². The van der Waals surface area contributed by atoms with Crippen molar-refractivity contribution in [3.63, 3.8) is 0 Å². The maximum absolute atomic E-state index is 11.0. The molecule has 12 heteroatoms. The van der Waals surface area contributed by atoms with E-state index in [2.05, 4.69) is 36.8 Å². The van der Waals surface area contributed by atoms with Crippen LogP contribution in [0, 0.1) is 37.5 Å². The first-order valence-corrected chi connectivity index (χ1v) is 18.7. The van der Waals surface area contributed by atoms with Crippen molar-refractivity contribution in [1.82, 2.24) is 9.97 Å². The van der Waals surface area contributed by atoms with Crippen LogP contribution in [0.1, 0.15) is 33.4 Å². The third-order valence-electron chi connectivity index (χ3n) is 7.81. The second kappa shape index (κ2) is 25.8. The van der Waals surface area contributed by atoms with Gasteiger partial charge in [0, 0.05) is 46.8 Å². The summed E-state index contributed by atoms with van der Waals surface area (Å²) < 4.78 is 42.8. The number of rotatable bonds is 23. The molecule has 0 amide bonds. The van der Waals surface area contributed by atoms with Gasteiger partial charge in [0.15, 0.2) is 0 Å². The van der Waals surface area contributed by atoms with E-state index >= 15 is 0 Å². The Balaban J connectivity index is 1.16. The number of carbonyl (C=O) groups is 2. The number of aryl methyl sites for hydroxylation is 2. The second-order valence-corrected chi connectivity index (χ2v) is 12.2. The summed E-state index contributed by atoms with van der Waals surface area (Å²) in [5, 5.41) is 0. The van der Waals surface area contributed by atoms with Gasteiger partial charge >= 0.3 is 11.9 Å². The minimum absolute atomic E-state index is 0.180. The van der Waals surface area contributed by atoms with Gasteiger partial charge in [-0.1, -0.05) is 36.8 Å². The van der Waals surface area contributed by atoms with Crippen molar-refractivity contribution in [1.29, 1.82) is 0 Å². The first kappa shape index (κ1) is 44.4. The SMILES string of the molecule is C=CC(=O)OCCOCCOCCOc1ccc(C#Cc2cnc(-c3ncc(C#Cc4ccc(OCCOCCOCCOC(=O)C=C)cc4)cc3C)c(C)c2)cc1. The Morgan fingerprint density at radius 3 is 1.17 bits per heavy atom. The molecule has 302 valence electrons. The summed E-state index contributed by atoms with van der Waals surface area (Å²) in [5.74, 6) is 13.3. The number of ether oxygens (including phenoxy) is 8. The van der Waals surface area contributed by atoms with Crippen LogP contribution in [-0.4, -0.2) is 101 Å². The number of hydrogen-bond donors (Lipinski definition) is 0. The molecule has 4 aromatic rings. The van der Waals surface area contributed by atoms with E-state index in [-0.39, 0.29) is 13.2 Å². The van der Waals surface area contributed by atoms with Crippen molar-refractivity contribution in [3.8, 4) is 46.6 Å². The Bertz CT molecular complexity index is 1910. The highest BCUT2D eigenvalue weighted by molar-refractivity contribution is 5.81. The highest BCUT2D eigenvalue weighted by Crippen LogP contribution is 2.24. The zero-order valence-electron chi connectivity index (χ0n) is 33.0. The van der Waals surface area contributed by atoms with Crippen molar-refractivity contribution in [3.05, 3.63) is 132 Å². The van der Waals surface area contributed by atoms with Gasteiger partial charge in [0.2, 0.25) is 0 Å². The average Bonchev–Trinajstić information content (AvgIpc) is 3.24. The lowest BCUT2D eigenvalue weighted by molar-refractivity contribution is -0.140. The number of carbonyl (C=O) groups excluding carboxylic acids is 2. The standard InChI is InChI=1S/C46H48N2O10/c1-5-43(49)57-29-25-53-21-19-51-23-27-55-41-15-11-37(12-16-41)7-9-39-31-35(3)45(47-33-39)46-36(4)32-40(34-48-46)10-8-38-13-17-42(18-14-38)56-28-24-52-20-22-54-26-30-58-44(50)6-2/h5-6,11-18,31-34H,1-2,19-30H2,3-4H3. The molecule has 58 heavy (non-hydrogen) atoms. The Morgan fingerprint density at radius 1 is 0.500 bits per heavy atom. The first-order chi connectivity index (χ1) is 28.3. The van der Waals surface area contributed by atoms with Gasteiger partial charge in [-0.05, 0) is 85.6 Å². The molecule has 2 heterocycles. The van der Waals surface area contributed by atoms with Crippen LogP contribution in [0.25, 0.3) is 11.4 Å². The molecule has 0 unspecified atom stereocenters. The fourth-order valence-corrected chi connectivity index (χ4v) is 4.94. The van der Waals surface area contributed by atoms with E-state index in [0.29, 0.717) is 66.1 Å². The van der Waals surface area contributed by atoms with Crippen LogP contribution in [0.2, 0.25) is 0 Å². The predicted octanol–water partition coefficient (Wildman–Crippen LogP) is 5.84. The molecule has 0 saturated carbocycles. The summed E-state index contributed by atoms with van der Waals surface area (Å²) in [7, 11) is 0. The van der Waals surface area contributed by atoms with Gasteiger partial charge in [0.05, 0.1) is 64.2 Å². The summed E-state index contributed by atoms with van der Waals surface area (Å²) in [6, 6.07) is 19.1. The van der Waals surface area contributed by atoms with Gasteiger partial charge in [-0.2, -0.15) is 0 Å². The van der Waals surface area contributed by atoms with E-state index in [0.717, 1.165) is 68.4 Å². The number of nitrogens with zero attached hydrogens (tertiary/aromatic N) is 2. The Labute approximate surface area is 340 Å². The molecule has 12 nitrogen and oxygen atoms in total. The highest BCUT2D eigenvalue weighted by atomic mass is 16.6. The van der Waals surface area contributed by atoms with Gasteiger partial charge in [0.1, 0.15) is 37.9 Å². The van der Waals surface area contributed by atoms with Crippen LogP contribution in [-0.2, 0) is 38.0 Å². The monoisotopic (exact) mass is 788 g/mol. The fraction of sp³-hybridized carbons (Fsp3) is 0.304. The maximum atomic E-state index is 11.0. The first-order valence-electron chi connectivity index (χ1n) is 18.7. The number of benzene rings is 2. The van der Waals surface area contributed by atoms with Gasteiger partial charge < -0.3 is 37.9 Å². The predicted molar refractivity (Wildman–Crippen MR) is 218 cm³/mol. The molecule has 0 aliphatic carbocycles. The topological polar surface area (TPSA) is 134 Å². The summed E-state index contributed by atoms with van der Waals surface area (Å²) >= 11 is 0. The van der Waals surface area contributed by atoms with Crippen molar-refractivity contribution >= 4 is 11.9 Å². The summed E-state index contributed by atoms with van der Waals surface area (Å²) in [6.07, 6.45) is 5.75. The Hall–Kier alpha value is -6.28. The van der Waals surface area contributed by atoms with Crippen LogP contribution in [0.15, 0.2) is 98.4 Å². The quantitative estimate of drug-likeness (QED) is 0.0387. The van der Waals surface area contributed by atoms with Crippen LogP contribution < -0.4 is 9.47 Å². The molecule has 0 fully saturated rings. The highest BCUT2D eigenvalue weighted by Gasteiger charge is 2.10. The molecule has 0 spiro atoms. The number of pyridine rings is 2. The lowest BCUT2D eigenvalue weighted by atomic mass is 10.0. The van der Waals surface area contributed by atoms with Crippen molar-refractivity contribution in [2.24, 2.45) is 0 Å². The van der Waals surface area contributed by atoms with E-state index in [1.165, 1.54) is 0 Å². The van der Waals surface area contributed by atoms with Crippen molar-refractivity contribution in [2.45, 2.75) is 13.8 Å². The van der Waals surface area contributed by atoms with Crippen LogP contribution in [0.4, 0.5) is 0 Å². The number of esters is 2. The molecule has 0 aliphatic rings. The molecule has 0 N–H and O–H groups in total. The average molecular weight is 789 g/mol. The zero-order valence-corrected chi connectivity index (χ0v) is 33.0. The molecule has 2 aromatic heterocycles. The molecular weight excluding hydrogens is 741 g/mol. The van der Waals surface area contributed by atoms with Crippen LogP contribution in [0.3, 0.4) is 0 Å². The maximum Gasteiger partial charge on any atom is 0.330 e. The van der Waals surface area contributed by atoms with Crippen molar-refractivity contribution in [2.75, 3.05) is 79.3 Å². The number of aromatic nitrogens is 2. The van der Waals surface area contributed by atoms with Gasteiger partial charge in [-0.15, -0.1) is 0 Å². The Kier molecular flexibility index (Phi) is 19.8. The molecule has 0 bridgehead atoms. The van der Waals surface area contributed by atoms with E-state index in [1.54, 1.807) is 12.4 Å². The zero-order chi connectivity index (χ0) is 41.2. The minimum Gasteiger partial charge on any atom is -0.491 e. The molecule has 0 atom stereocenters. The third kappa shape index (κ3) is 16.8. The smallest absolute Gasteiger partial charge is 0.330 e. The van der Waals surface area contributed by atoms with E-state index < -0.39 is 11.9 Å². The lowest BCUT2D eigenvalue weighted by Crippen LogP contribution is -2.13. The molecule has 4 rings (SSSR count). The summed E-state index contributed by atoms with van der Waals surface area (Å²) in [6.45, 7) is 14.9. The van der Waals surface area contributed by atoms with Crippen LogP contribution in [0.5, 0.6) is 11.5 Å². The summed E-state index contributed by atoms with van der Waals surface area (Å²) in [4.78, 5) is 31.3. The van der Waals surface area contributed by atoms with Crippen molar-refractivity contribution < 1.29 is 47.5 Å². The van der Waals surface area contributed by atoms with Gasteiger partial charge in [-0.3, -0.25) is 9.97 Å². The lowest BCUT2D eigenvalue weighted by Gasteiger charge is -2.08. The van der Waals surface area contributed by atoms with Gasteiger partial charge in [-0.25, -0.2) is 9.59 Å². The fourth-order valence-electron chi connectivity index (χ4n) is 4.94. The normalized spacial score (nSPS) is 10.3. The molecule has 0 saturated heterocycles. The third-order valence-corrected chi connectivity index (χ3v) is 7.81. The minimum atomic E-state index is -0.469. The second-order valence-electron chi connectivity index (χ2n) is 12.2. The molecule has 0 radical (unpaired) electrons. The largest absolute Gasteiger partial charge is 0.491 e. The van der Waals surface area contributed by atoms with E-state index in [9.17, 15) is 9.59 Å². The summed E-state index contributed by atoms with van der Waals surface area (Å²) in [5.41, 5.74) is 6.83. The van der Waals surface area contributed by atoms with Gasteiger partial charge in [0.25, 0.3) is 0 Å². The molecule has 2 aromatic carbocycles. The number of hydrogen-bond acceptors (Lipinski definition) is 12. The molecule has 0 aliphatic heterocycles. The van der Waals surface area contributed by atoms with E-state index in [1.807, 2.05) is 74.5 Å². The van der Waals surface area contributed by atoms with Crippen LogP contribution >= 0.6 is 0 Å².